The summed E-state index contributed by atoms with van der Waals surface area (Å²) < 4.78 is 0. The van der Waals surface area contributed by atoms with Crippen LogP contribution in [0.4, 0.5) is 11.4 Å². The van der Waals surface area contributed by atoms with Crippen molar-refractivity contribution in [3.63, 3.8) is 0 Å². The van der Waals surface area contributed by atoms with E-state index in [9.17, 15) is 9.59 Å². The van der Waals surface area contributed by atoms with E-state index < -0.39 is 0 Å². The Hall–Kier alpha value is -2.66. The quantitative estimate of drug-likeness (QED) is 0.813. The number of anilines is 2. The number of para-hydroxylation sites is 2. The smallest absolute Gasteiger partial charge is 0.282 e. The highest BCUT2D eigenvalue weighted by Crippen LogP contribution is 2.30. The van der Waals surface area contributed by atoms with Gasteiger partial charge >= 0.3 is 0 Å². The van der Waals surface area contributed by atoms with E-state index in [1.54, 1.807) is 4.90 Å². The summed E-state index contributed by atoms with van der Waals surface area (Å²) in [5, 5.41) is 4.92. The molecule has 0 saturated heterocycles. The van der Waals surface area contributed by atoms with Crippen molar-refractivity contribution in [3.05, 3.63) is 60.2 Å². The van der Waals surface area contributed by atoms with E-state index in [1.807, 2.05) is 54.7 Å². The molecule has 2 aromatic rings. The summed E-state index contributed by atoms with van der Waals surface area (Å²) in [6.45, 7) is 3.15. The average Bonchev–Trinajstić information content (AvgIpc) is 2.73. The lowest BCUT2D eigenvalue weighted by Crippen LogP contribution is -2.87. The monoisotopic (exact) mass is 338 g/mol. The largest absolute Gasteiger partial charge is 0.338 e. The van der Waals surface area contributed by atoms with Crippen LogP contribution in [0.2, 0.25) is 0 Å². The zero-order chi connectivity index (χ0) is 17.6. The molecule has 1 heterocycles. The van der Waals surface area contributed by atoms with Gasteiger partial charge in [-0.2, -0.15) is 0 Å². The number of carbonyl (C=O) groups is 2. The molecule has 0 aliphatic carbocycles. The summed E-state index contributed by atoms with van der Waals surface area (Å²) in [5.74, 6) is -0.0205. The van der Waals surface area contributed by atoms with Crippen molar-refractivity contribution < 1.29 is 14.9 Å². The van der Waals surface area contributed by atoms with Gasteiger partial charge in [0, 0.05) is 18.9 Å². The van der Waals surface area contributed by atoms with Crippen molar-refractivity contribution in [2.24, 2.45) is 0 Å². The Labute approximate surface area is 148 Å². The van der Waals surface area contributed by atoms with Gasteiger partial charge in [-0.25, -0.2) is 0 Å². The lowest BCUT2D eigenvalue weighted by atomic mass is 10.1. The Bertz CT molecular complexity index is 746. The van der Waals surface area contributed by atoms with Gasteiger partial charge in [-0.3, -0.25) is 9.59 Å². The second-order valence-electron chi connectivity index (χ2n) is 6.40. The standard InChI is InChI=1S/C20H23N3O2/c1-15-13-19(24)22-17-9-5-6-10-18(17)23(15)20(25)14-21-12-11-16-7-3-2-4-8-16/h2-10,15,21H,11-14H2,1H3,(H,22,24)/p+1/t15-/m1/s1. The molecule has 0 aromatic heterocycles. The first-order valence-corrected chi connectivity index (χ1v) is 8.71. The second kappa shape index (κ2) is 7.94. The number of amides is 2. The molecular weight excluding hydrogens is 314 g/mol. The molecule has 2 aromatic carbocycles. The number of benzene rings is 2. The molecule has 130 valence electrons. The van der Waals surface area contributed by atoms with Crippen LogP contribution in [0.25, 0.3) is 0 Å². The maximum absolute atomic E-state index is 12.8. The van der Waals surface area contributed by atoms with Gasteiger partial charge in [0.15, 0.2) is 6.54 Å². The fourth-order valence-electron chi connectivity index (χ4n) is 3.21. The van der Waals surface area contributed by atoms with Gasteiger partial charge in [-0.15, -0.1) is 0 Å². The van der Waals surface area contributed by atoms with Gasteiger partial charge in [-0.05, 0) is 24.6 Å². The summed E-state index contributed by atoms with van der Waals surface area (Å²) in [6.07, 6.45) is 1.24. The topological polar surface area (TPSA) is 66.0 Å². The number of nitrogens with one attached hydrogen (secondary N) is 1. The van der Waals surface area contributed by atoms with Crippen LogP contribution >= 0.6 is 0 Å². The van der Waals surface area contributed by atoms with Crippen LogP contribution < -0.4 is 15.5 Å². The maximum atomic E-state index is 12.8. The first kappa shape index (κ1) is 17.2. The first-order valence-electron chi connectivity index (χ1n) is 8.71. The highest BCUT2D eigenvalue weighted by molar-refractivity contribution is 6.04. The molecule has 0 radical (unpaired) electrons. The Kier molecular flexibility index (Phi) is 5.46. The van der Waals surface area contributed by atoms with Crippen molar-refractivity contribution in [2.45, 2.75) is 25.8 Å². The zero-order valence-corrected chi connectivity index (χ0v) is 14.4. The summed E-state index contributed by atoms with van der Waals surface area (Å²) >= 11 is 0. The van der Waals surface area contributed by atoms with Crippen LogP contribution in [0.5, 0.6) is 0 Å². The second-order valence-corrected chi connectivity index (χ2v) is 6.40. The zero-order valence-electron chi connectivity index (χ0n) is 14.4. The van der Waals surface area contributed by atoms with Crippen molar-refractivity contribution in [2.75, 3.05) is 23.3 Å². The van der Waals surface area contributed by atoms with Crippen LogP contribution in [0.3, 0.4) is 0 Å². The van der Waals surface area contributed by atoms with Crippen molar-refractivity contribution in [1.82, 2.24) is 0 Å². The highest BCUT2D eigenvalue weighted by atomic mass is 16.2. The number of rotatable bonds is 5. The van der Waals surface area contributed by atoms with E-state index in [4.69, 9.17) is 0 Å². The molecule has 0 fully saturated rings. The number of hydrogen-bond donors (Lipinski definition) is 2. The van der Waals surface area contributed by atoms with E-state index in [1.165, 1.54) is 5.56 Å². The van der Waals surface area contributed by atoms with Crippen molar-refractivity contribution in [3.8, 4) is 0 Å². The molecule has 0 spiro atoms. The fraction of sp³-hybridized carbons (Fsp3) is 0.300. The number of carbonyl (C=O) groups excluding carboxylic acids is 2. The molecule has 1 atom stereocenters. The van der Waals surface area contributed by atoms with Crippen LogP contribution in [-0.4, -0.2) is 30.9 Å². The highest BCUT2D eigenvalue weighted by Gasteiger charge is 2.29. The minimum absolute atomic E-state index is 0.0320. The molecule has 2 amide bonds. The molecule has 5 heteroatoms. The van der Waals surface area contributed by atoms with Gasteiger partial charge in [0.2, 0.25) is 5.91 Å². The Balaban J connectivity index is 1.63. The van der Waals surface area contributed by atoms with Gasteiger partial charge in [-0.1, -0.05) is 42.5 Å². The third kappa shape index (κ3) is 4.25. The molecule has 3 N–H and O–H groups in total. The molecule has 1 aliphatic rings. The number of fused-ring (bicyclic) bond motifs is 1. The Morgan fingerprint density at radius 1 is 1.16 bits per heavy atom. The van der Waals surface area contributed by atoms with Gasteiger partial charge in [0.05, 0.1) is 17.9 Å². The number of hydrogen-bond acceptors (Lipinski definition) is 2. The first-order chi connectivity index (χ1) is 12.1. The third-order valence-corrected chi connectivity index (χ3v) is 4.43. The molecule has 25 heavy (non-hydrogen) atoms. The lowest BCUT2D eigenvalue weighted by molar-refractivity contribution is -0.643. The van der Waals surface area contributed by atoms with Crippen LogP contribution in [0.1, 0.15) is 18.9 Å². The van der Waals surface area contributed by atoms with Gasteiger partial charge in [0.1, 0.15) is 0 Å². The normalized spacial score (nSPS) is 16.8. The lowest BCUT2D eigenvalue weighted by Gasteiger charge is -2.27. The Morgan fingerprint density at radius 3 is 2.68 bits per heavy atom. The number of quaternary nitrogens is 1. The summed E-state index contributed by atoms with van der Waals surface area (Å²) in [4.78, 5) is 26.5. The average molecular weight is 338 g/mol. The van der Waals surface area contributed by atoms with Gasteiger partial charge < -0.3 is 15.5 Å². The van der Waals surface area contributed by atoms with Crippen molar-refractivity contribution >= 4 is 23.2 Å². The molecule has 5 nitrogen and oxygen atoms in total. The Morgan fingerprint density at radius 2 is 1.88 bits per heavy atom. The number of nitrogens with zero attached hydrogens (tertiary/aromatic N) is 1. The van der Waals surface area contributed by atoms with E-state index in [2.05, 4.69) is 17.4 Å². The van der Waals surface area contributed by atoms with Crippen LogP contribution in [-0.2, 0) is 16.0 Å². The molecule has 0 saturated carbocycles. The number of nitrogens with two attached hydrogens (primary N) is 1. The molecule has 1 aliphatic heterocycles. The summed E-state index contributed by atoms with van der Waals surface area (Å²) in [6, 6.07) is 17.6. The molecule has 0 bridgehead atoms. The summed E-state index contributed by atoms with van der Waals surface area (Å²) in [5.41, 5.74) is 2.76. The van der Waals surface area contributed by atoms with E-state index in [0.717, 1.165) is 18.7 Å². The summed E-state index contributed by atoms with van der Waals surface area (Å²) in [7, 11) is 0. The van der Waals surface area contributed by atoms with E-state index >= 15 is 0 Å². The predicted octanol–water partition coefficient (Wildman–Crippen LogP) is 1.56. The molecular formula is C20H24N3O2+. The molecule has 3 rings (SSSR count). The van der Waals surface area contributed by atoms with E-state index in [0.29, 0.717) is 18.7 Å². The van der Waals surface area contributed by atoms with E-state index in [-0.39, 0.29) is 17.9 Å². The van der Waals surface area contributed by atoms with Gasteiger partial charge in [0.25, 0.3) is 5.91 Å². The maximum Gasteiger partial charge on any atom is 0.282 e. The fourth-order valence-corrected chi connectivity index (χ4v) is 3.21. The van der Waals surface area contributed by atoms with Crippen LogP contribution in [0, 0.1) is 0 Å². The van der Waals surface area contributed by atoms with Crippen molar-refractivity contribution in [1.29, 1.82) is 0 Å². The van der Waals surface area contributed by atoms with Crippen LogP contribution in [0.15, 0.2) is 54.6 Å². The molecule has 0 unspecified atom stereocenters. The third-order valence-electron chi connectivity index (χ3n) is 4.43. The minimum Gasteiger partial charge on any atom is -0.338 e. The predicted molar refractivity (Wildman–Crippen MR) is 98.4 cm³/mol. The SMILES string of the molecule is C[C@@H]1CC(=O)Nc2ccccc2N1C(=O)C[NH2+]CCc1ccccc1. The minimum atomic E-state index is -0.154.